The molecule has 0 aliphatic rings. The molecule has 0 saturated heterocycles. The van der Waals surface area contributed by atoms with Gasteiger partial charge >= 0.3 is 6.18 Å². The molecule has 0 bridgehead atoms. The molecular weight excluding hydrogens is 295 g/mol. The molecular formula is C12H9ClF3N3O. The highest BCUT2D eigenvalue weighted by Crippen LogP contribution is 2.29. The van der Waals surface area contributed by atoms with Gasteiger partial charge in [0.1, 0.15) is 5.69 Å². The molecule has 0 fully saturated rings. The topological polar surface area (TPSA) is 46.9 Å². The Bertz CT molecular complexity index is 669. The molecule has 0 unspecified atom stereocenters. The van der Waals surface area contributed by atoms with Gasteiger partial charge in [-0.05, 0) is 24.3 Å². The van der Waals surface area contributed by atoms with Crippen LogP contribution >= 0.6 is 11.6 Å². The van der Waals surface area contributed by atoms with E-state index in [4.69, 9.17) is 11.6 Å². The second kappa shape index (κ2) is 5.54. The van der Waals surface area contributed by atoms with Crippen molar-refractivity contribution >= 4 is 17.3 Å². The van der Waals surface area contributed by atoms with Crippen molar-refractivity contribution in [3.63, 3.8) is 0 Å². The minimum Gasteiger partial charge on any atom is -0.367 e. The molecule has 0 radical (unpaired) electrons. The Hall–Kier alpha value is -2.02. The molecule has 8 heteroatoms. The van der Waals surface area contributed by atoms with E-state index in [0.29, 0.717) is 0 Å². The van der Waals surface area contributed by atoms with Crippen LogP contribution in [0.1, 0.15) is 5.56 Å². The molecule has 2 aromatic rings. The monoisotopic (exact) mass is 303 g/mol. The summed E-state index contributed by atoms with van der Waals surface area (Å²) in [7, 11) is 0. The first-order valence-corrected chi connectivity index (χ1v) is 6.03. The lowest BCUT2D eigenvalue weighted by molar-refractivity contribution is -0.137. The summed E-state index contributed by atoms with van der Waals surface area (Å²) in [6.45, 7) is 0. The molecule has 0 amide bonds. The lowest BCUT2D eigenvalue weighted by Crippen LogP contribution is -2.24. The number of halogens is 4. The number of hydrogen-bond donors (Lipinski definition) is 1. The Labute approximate surface area is 116 Å². The van der Waals surface area contributed by atoms with Crippen molar-refractivity contribution in [3.05, 3.63) is 52.4 Å². The number of alkyl halides is 4. The van der Waals surface area contributed by atoms with Crippen molar-refractivity contribution in [2.24, 2.45) is 0 Å². The zero-order chi connectivity index (χ0) is 14.8. The summed E-state index contributed by atoms with van der Waals surface area (Å²) >= 11 is 5.46. The molecule has 0 atom stereocenters. The van der Waals surface area contributed by atoms with E-state index in [0.717, 1.165) is 16.8 Å². The van der Waals surface area contributed by atoms with Crippen LogP contribution in [0.25, 0.3) is 5.69 Å². The lowest BCUT2D eigenvalue weighted by atomic mass is 10.2. The van der Waals surface area contributed by atoms with Crippen molar-refractivity contribution in [1.29, 1.82) is 0 Å². The standard InChI is InChI=1S/C12H9ClF3N3O/c13-7-17-10-4-5-18-19(11(10)20)9-3-1-2-8(6-9)12(14,15)16/h1-6,17H,7H2. The summed E-state index contributed by atoms with van der Waals surface area (Å²) in [6, 6.07) is 5.77. The average molecular weight is 304 g/mol. The van der Waals surface area contributed by atoms with Gasteiger partial charge < -0.3 is 5.32 Å². The van der Waals surface area contributed by atoms with Crippen LogP contribution in [0, 0.1) is 0 Å². The van der Waals surface area contributed by atoms with Gasteiger partial charge in [-0.2, -0.15) is 23.0 Å². The third-order valence-electron chi connectivity index (χ3n) is 2.52. The number of aromatic nitrogens is 2. The highest BCUT2D eigenvalue weighted by molar-refractivity contribution is 6.18. The van der Waals surface area contributed by atoms with Gasteiger partial charge in [-0.15, -0.1) is 11.6 Å². The molecule has 1 heterocycles. The van der Waals surface area contributed by atoms with E-state index in [-0.39, 0.29) is 17.4 Å². The van der Waals surface area contributed by atoms with Gasteiger partial charge in [0.05, 0.1) is 23.5 Å². The van der Waals surface area contributed by atoms with E-state index in [1.807, 2.05) is 0 Å². The number of nitrogens with one attached hydrogen (secondary N) is 1. The van der Waals surface area contributed by atoms with Gasteiger partial charge in [0.15, 0.2) is 0 Å². The summed E-state index contributed by atoms with van der Waals surface area (Å²) in [6.07, 6.45) is -3.18. The Kier molecular flexibility index (Phi) is 3.99. The zero-order valence-corrected chi connectivity index (χ0v) is 10.7. The number of hydrogen-bond acceptors (Lipinski definition) is 3. The van der Waals surface area contributed by atoms with Crippen LogP contribution in [0.5, 0.6) is 0 Å². The van der Waals surface area contributed by atoms with E-state index >= 15 is 0 Å². The van der Waals surface area contributed by atoms with E-state index in [9.17, 15) is 18.0 Å². The van der Waals surface area contributed by atoms with Crippen LogP contribution in [0.4, 0.5) is 18.9 Å². The van der Waals surface area contributed by atoms with Crippen LogP contribution in [0.15, 0.2) is 41.3 Å². The summed E-state index contributed by atoms with van der Waals surface area (Å²) in [5.74, 6) is 0. The fourth-order valence-corrected chi connectivity index (χ4v) is 1.76. The normalized spacial score (nSPS) is 11.4. The van der Waals surface area contributed by atoms with Gasteiger partial charge in [-0.3, -0.25) is 4.79 Å². The molecule has 4 nitrogen and oxygen atoms in total. The molecule has 0 aliphatic carbocycles. The summed E-state index contributed by atoms with van der Waals surface area (Å²) in [4.78, 5) is 12.0. The maximum atomic E-state index is 12.6. The van der Waals surface area contributed by atoms with Crippen molar-refractivity contribution < 1.29 is 13.2 Å². The molecule has 0 spiro atoms. The third kappa shape index (κ3) is 2.93. The van der Waals surface area contributed by atoms with Crippen LogP contribution in [0.3, 0.4) is 0 Å². The minimum absolute atomic E-state index is 0.00183. The predicted octanol–water partition coefficient (Wildman–Crippen LogP) is 2.86. The van der Waals surface area contributed by atoms with Crippen molar-refractivity contribution in [2.45, 2.75) is 6.18 Å². The van der Waals surface area contributed by atoms with Gasteiger partial charge in [0.25, 0.3) is 5.56 Å². The van der Waals surface area contributed by atoms with Gasteiger partial charge in [-0.25, -0.2) is 0 Å². The van der Waals surface area contributed by atoms with Crippen LogP contribution in [-0.2, 0) is 6.18 Å². The van der Waals surface area contributed by atoms with Gasteiger partial charge in [0.2, 0.25) is 0 Å². The van der Waals surface area contributed by atoms with Gasteiger partial charge in [-0.1, -0.05) is 6.07 Å². The Morgan fingerprint density at radius 1 is 1.30 bits per heavy atom. The first-order chi connectivity index (χ1) is 9.43. The maximum Gasteiger partial charge on any atom is 0.416 e. The van der Waals surface area contributed by atoms with E-state index in [2.05, 4.69) is 10.4 Å². The fourth-order valence-electron chi connectivity index (χ4n) is 1.62. The molecule has 0 aliphatic heterocycles. The molecule has 1 aromatic carbocycles. The smallest absolute Gasteiger partial charge is 0.367 e. The SMILES string of the molecule is O=c1c(NCCl)ccnn1-c1cccc(C(F)(F)F)c1. The van der Waals surface area contributed by atoms with Crippen LogP contribution in [-0.4, -0.2) is 15.8 Å². The Balaban J connectivity index is 2.52. The number of nitrogens with zero attached hydrogens (tertiary/aromatic N) is 2. The van der Waals surface area contributed by atoms with E-state index < -0.39 is 17.3 Å². The van der Waals surface area contributed by atoms with Gasteiger partial charge in [0, 0.05) is 0 Å². The molecule has 20 heavy (non-hydrogen) atoms. The summed E-state index contributed by atoms with van der Waals surface area (Å²) in [5.41, 5.74) is -1.23. The minimum atomic E-state index is -4.48. The molecule has 1 N–H and O–H groups in total. The largest absolute Gasteiger partial charge is 0.416 e. The molecule has 1 aromatic heterocycles. The van der Waals surface area contributed by atoms with E-state index in [1.165, 1.54) is 24.4 Å². The Morgan fingerprint density at radius 3 is 2.70 bits per heavy atom. The summed E-state index contributed by atoms with van der Waals surface area (Å²) < 4.78 is 38.8. The highest BCUT2D eigenvalue weighted by atomic mass is 35.5. The maximum absolute atomic E-state index is 12.6. The second-order valence-corrected chi connectivity index (χ2v) is 4.09. The zero-order valence-electron chi connectivity index (χ0n) is 9.99. The molecule has 0 saturated carbocycles. The first kappa shape index (κ1) is 14.4. The highest BCUT2D eigenvalue weighted by Gasteiger charge is 2.30. The third-order valence-corrected chi connectivity index (χ3v) is 2.66. The quantitative estimate of drug-likeness (QED) is 0.700. The average Bonchev–Trinajstić information content (AvgIpc) is 2.41. The molecule has 2 rings (SSSR count). The van der Waals surface area contributed by atoms with E-state index in [1.54, 1.807) is 0 Å². The van der Waals surface area contributed by atoms with Crippen LogP contribution < -0.4 is 10.9 Å². The first-order valence-electron chi connectivity index (χ1n) is 5.49. The fraction of sp³-hybridized carbons (Fsp3) is 0.167. The van der Waals surface area contributed by atoms with Crippen molar-refractivity contribution in [3.8, 4) is 5.69 Å². The van der Waals surface area contributed by atoms with Crippen molar-refractivity contribution in [2.75, 3.05) is 11.3 Å². The lowest BCUT2D eigenvalue weighted by Gasteiger charge is -2.10. The van der Waals surface area contributed by atoms with Crippen molar-refractivity contribution in [1.82, 2.24) is 9.78 Å². The second-order valence-electron chi connectivity index (χ2n) is 3.82. The number of benzene rings is 1. The summed E-state index contributed by atoms with van der Waals surface area (Å²) in [5, 5.41) is 6.37. The van der Waals surface area contributed by atoms with Crippen LogP contribution in [0.2, 0.25) is 0 Å². The Morgan fingerprint density at radius 2 is 2.05 bits per heavy atom. The number of rotatable bonds is 3. The molecule has 106 valence electrons. The number of anilines is 1. The predicted molar refractivity (Wildman–Crippen MR) is 69.2 cm³/mol.